The molecule has 1 aliphatic carbocycles. The zero-order chi connectivity index (χ0) is 17.6. The van der Waals surface area contributed by atoms with E-state index in [1.54, 1.807) is 0 Å². The summed E-state index contributed by atoms with van der Waals surface area (Å²) in [5.74, 6) is -1.23. The minimum Gasteiger partial charge on any atom is -0.481 e. The van der Waals surface area contributed by atoms with Crippen molar-refractivity contribution in [2.24, 2.45) is 11.3 Å². The van der Waals surface area contributed by atoms with Gasteiger partial charge in [-0.05, 0) is 48.8 Å². The van der Waals surface area contributed by atoms with Gasteiger partial charge in [-0.2, -0.15) is 0 Å². The molecule has 3 aliphatic rings. The SMILES string of the molecule is O=C(O)C1CC2(CC2)CNC1C(=O)N1CCC(c2ccc(Cl)cc2)C1. The van der Waals surface area contributed by atoms with E-state index in [4.69, 9.17) is 11.6 Å². The Labute approximate surface area is 152 Å². The fourth-order valence-electron chi connectivity index (χ4n) is 4.34. The van der Waals surface area contributed by atoms with Gasteiger partial charge in [0.15, 0.2) is 0 Å². The summed E-state index contributed by atoms with van der Waals surface area (Å²) < 4.78 is 0. The molecule has 1 spiro atoms. The number of halogens is 1. The Morgan fingerprint density at radius 1 is 1.24 bits per heavy atom. The fourth-order valence-corrected chi connectivity index (χ4v) is 4.46. The van der Waals surface area contributed by atoms with Crippen LogP contribution in [0, 0.1) is 11.3 Å². The average molecular weight is 363 g/mol. The van der Waals surface area contributed by atoms with Crippen molar-refractivity contribution < 1.29 is 14.7 Å². The van der Waals surface area contributed by atoms with Gasteiger partial charge < -0.3 is 15.3 Å². The summed E-state index contributed by atoms with van der Waals surface area (Å²) in [6.07, 6.45) is 3.68. The summed E-state index contributed by atoms with van der Waals surface area (Å²) in [4.78, 5) is 26.5. The largest absolute Gasteiger partial charge is 0.481 e. The van der Waals surface area contributed by atoms with E-state index in [0.717, 1.165) is 25.8 Å². The Morgan fingerprint density at radius 3 is 2.60 bits per heavy atom. The van der Waals surface area contributed by atoms with Crippen molar-refractivity contribution in [2.45, 2.75) is 37.6 Å². The number of benzene rings is 1. The van der Waals surface area contributed by atoms with Crippen LogP contribution in [0.25, 0.3) is 0 Å². The molecular formula is C19H23ClN2O3. The molecule has 0 aromatic heterocycles. The van der Waals surface area contributed by atoms with Gasteiger partial charge >= 0.3 is 5.97 Å². The Balaban J connectivity index is 1.44. The second-order valence-electron chi connectivity index (χ2n) is 7.83. The summed E-state index contributed by atoms with van der Waals surface area (Å²) in [6.45, 7) is 2.10. The Bertz CT molecular complexity index is 686. The van der Waals surface area contributed by atoms with E-state index < -0.39 is 17.9 Å². The highest BCUT2D eigenvalue weighted by atomic mass is 35.5. The van der Waals surface area contributed by atoms with Gasteiger partial charge in [0.1, 0.15) is 6.04 Å². The third kappa shape index (κ3) is 3.27. The van der Waals surface area contributed by atoms with Crippen LogP contribution in [0.5, 0.6) is 0 Å². The minimum absolute atomic E-state index is 0.0561. The molecule has 134 valence electrons. The van der Waals surface area contributed by atoms with Crippen molar-refractivity contribution in [2.75, 3.05) is 19.6 Å². The maximum Gasteiger partial charge on any atom is 0.308 e. The number of carboxylic acids is 1. The molecule has 0 radical (unpaired) electrons. The van der Waals surface area contributed by atoms with Crippen molar-refractivity contribution in [1.29, 1.82) is 0 Å². The summed E-state index contributed by atoms with van der Waals surface area (Å²) in [5.41, 5.74) is 1.32. The molecule has 3 fully saturated rings. The highest BCUT2D eigenvalue weighted by molar-refractivity contribution is 6.30. The number of hydrogen-bond acceptors (Lipinski definition) is 3. The third-order valence-corrected chi connectivity index (χ3v) is 6.39. The Morgan fingerprint density at radius 2 is 1.96 bits per heavy atom. The van der Waals surface area contributed by atoms with Crippen molar-refractivity contribution in [3.05, 3.63) is 34.9 Å². The summed E-state index contributed by atoms with van der Waals surface area (Å²) >= 11 is 5.94. The zero-order valence-corrected chi connectivity index (χ0v) is 14.8. The van der Waals surface area contributed by atoms with Crippen LogP contribution >= 0.6 is 11.6 Å². The molecule has 2 saturated heterocycles. The molecule has 1 saturated carbocycles. The standard InChI is InChI=1S/C19H23ClN2O3/c20-14-3-1-12(2-4-14)13-5-8-22(10-13)17(23)16-15(18(24)25)9-19(6-7-19)11-21-16/h1-4,13,15-16,21H,5-11H2,(H,24,25). The molecule has 1 aromatic rings. The normalized spacial score (nSPS) is 30.4. The summed E-state index contributed by atoms with van der Waals surface area (Å²) in [7, 11) is 0. The molecule has 2 heterocycles. The fraction of sp³-hybridized carbons (Fsp3) is 0.579. The van der Waals surface area contributed by atoms with Crippen LogP contribution in [0.4, 0.5) is 0 Å². The maximum absolute atomic E-state index is 13.0. The number of likely N-dealkylation sites (tertiary alicyclic amines) is 1. The van der Waals surface area contributed by atoms with Crippen LogP contribution in [0.2, 0.25) is 5.02 Å². The number of carboxylic acid groups (broad SMARTS) is 1. The highest BCUT2D eigenvalue weighted by Gasteiger charge is 2.53. The van der Waals surface area contributed by atoms with Crippen LogP contribution in [-0.2, 0) is 9.59 Å². The smallest absolute Gasteiger partial charge is 0.308 e. The monoisotopic (exact) mass is 362 g/mol. The van der Waals surface area contributed by atoms with Crippen molar-refractivity contribution in [3.63, 3.8) is 0 Å². The first kappa shape index (κ1) is 16.9. The number of aliphatic carboxylic acids is 1. The predicted molar refractivity (Wildman–Crippen MR) is 94.6 cm³/mol. The first-order valence-electron chi connectivity index (χ1n) is 8.98. The van der Waals surface area contributed by atoms with E-state index in [1.165, 1.54) is 5.56 Å². The quantitative estimate of drug-likeness (QED) is 0.866. The van der Waals surface area contributed by atoms with Crippen molar-refractivity contribution >= 4 is 23.5 Å². The van der Waals surface area contributed by atoms with Gasteiger partial charge in [0.05, 0.1) is 5.92 Å². The second-order valence-corrected chi connectivity index (χ2v) is 8.27. The second kappa shape index (κ2) is 6.29. The minimum atomic E-state index is -0.856. The van der Waals surface area contributed by atoms with E-state index in [9.17, 15) is 14.7 Å². The molecule has 2 N–H and O–H groups in total. The molecule has 4 rings (SSSR count). The average Bonchev–Trinajstić information content (AvgIpc) is 3.17. The van der Waals surface area contributed by atoms with Gasteiger partial charge in [-0.3, -0.25) is 9.59 Å². The van der Waals surface area contributed by atoms with Crippen LogP contribution < -0.4 is 5.32 Å². The summed E-state index contributed by atoms with van der Waals surface area (Å²) in [5, 5.41) is 13.6. The van der Waals surface area contributed by atoms with Crippen LogP contribution in [-0.4, -0.2) is 47.6 Å². The highest BCUT2D eigenvalue weighted by Crippen LogP contribution is 2.52. The third-order valence-electron chi connectivity index (χ3n) is 6.13. The molecule has 5 nitrogen and oxygen atoms in total. The van der Waals surface area contributed by atoms with E-state index in [2.05, 4.69) is 5.32 Å². The van der Waals surface area contributed by atoms with Gasteiger partial charge in [0.2, 0.25) is 5.91 Å². The van der Waals surface area contributed by atoms with Crippen molar-refractivity contribution in [3.8, 4) is 0 Å². The lowest BCUT2D eigenvalue weighted by Gasteiger charge is -2.36. The van der Waals surface area contributed by atoms with E-state index in [1.807, 2.05) is 29.2 Å². The number of hydrogen-bond donors (Lipinski definition) is 2. The zero-order valence-electron chi connectivity index (χ0n) is 14.1. The number of rotatable bonds is 3. The lowest BCUT2D eigenvalue weighted by atomic mass is 9.82. The number of amides is 1. The first-order chi connectivity index (χ1) is 12.0. The number of carbonyl (C=O) groups excluding carboxylic acids is 1. The lowest BCUT2D eigenvalue weighted by Crippen LogP contribution is -2.57. The number of piperidine rings is 1. The van der Waals surface area contributed by atoms with Gasteiger partial charge in [-0.25, -0.2) is 0 Å². The van der Waals surface area contributed by atoms with E-state index >= 15 is 0 Å². The predicted octanol–water partition coefficient (Wildman–Crippen LogP) is 2.50. The van der Waals surface area contributed by atoms with Gasteiger partial charge in [-0.1, -0.05) is 23.7 Å². The number of nitrogens with zero attached hydrogens (tertiary/aromatic N) is 1. The molecular weight excluding hydrogens is 340 g/mol. The van der Waals surface area contributed by atoms with E-state index in [-0.39, 0.29) is 11.3 Å². The van der Waals surface area contributed by atoms with Crippen LogP contribution in [0.3, 0.4) is 0 Å². The molecule has 25 heavy (non-hydrogen) atoms. The number of nitrogens with one attached hydrogen (secondary N) is 1. The maximum atomic E-state index is 13.0. The van der Waals surface area contributed by atoms with Gasteiger partial charge in [0.25, 0.3) is 0 Å². The van der Waals surface area contributed by atoms with Crippen LogP contribution in [0.1, 0.15) is 37.2 Å². The van der Waals surface area contributed by atoms with E-state index in [0.29, 0.717) is 30.5 Å². The van der Waals surface area contributed by atoms with Gasteiger partial charge in [0, 0.05) is 30.6 Å². The lowest BCUT2D eigenvalue weighted by molar-refractivity contribution is -0.150. The molecule has 0 bridgehead atoms. The first-order valence-corrected chi connectivity index (χ1v) is 9.36. The van der Waals surface area contributed by atoms with Crippen molar-refractivity contribution in [1.82, 2.24) is 10.2 Å². The molecule has 3 atom stereocenters. The molecule has 2 aliphatic heterocycles. The Hall–Kier alpha value is -1.59. The topological polar surface area (TPSA) is 69.6 Å². The van der Waals surface area contributed by atoms with Gasteiger partial charge in [-0.15, -0.1) is 0 Å². The number of carbonyl (C=O) groups is 2. The molecule has 1 amide bonds. The molecule has 6 heteroatoms. The Kier molecular flexibility index (Phi) is 4.24. The van der Waals surface area contributed by atoms with Crippen LogP contribution in [0.15, 0.2) is 24.3 Å². The molecule has 3 unspecified atom stereocenters. The molecule has 1 aromatic carbocycles. The summed E-state index contributed by atoms with van der Waals surface area (Å²) in [6, 6.07) is 7.18.